The zero-order valence-corrected chi connectivity index (χ0v) is 7.70. The number of aliphatic hydroxyl groups excluding tert-OH is 4. The van der Waals surface area contributed by atoms with E-state index in [0.29, 0.717) is 0 Å². The highest BCUT2D eigenvalue weighted by Crippen LogP contribution is 2.20. The van der Waals surface area contributed by atoms with Crippen molar-refractivity contribution in [3.63, 3.8) is 0 Å². The van der Waals surface area contributed by atoms with Crippen LogP contribution in [0.5, 0.6) is 0 Å². The van der Waals surface area contributed by atoms with Crippen molar-refractivity contribution in [1.82, 2.24) is 0 Å². The lowest BCUT2D eigenvalue weighted by Gasteiger charge is -2.38. The van der Waals surface area contributed by atoms with Crippen molar-refractivity contribution in [1.29, 1.82) is 0 Å². The van der Waals surface area contributed by atoms with Crippen LogP contribution in [0.3, 0.4) is 0 Å². The summed E-state index contributed by atoms with van der Waals surface area (Å²) in [4.78, 5) is 0. The molecule has 7 nitrogen and oxygen atoms in total. The molecule has 0 aliphatic carbocycles. The average Bonchev–Trinajstić information content (AvgIpc) is 2.15. The normalized spacial score (nSPS) is 43.1. The van der Waals surface area contributed by atoms with Crippen LogP contribution in [0.4, 0.5) is 0 Å². The Balaban J connectivity index is 0.00000169. The van der Waals surface area contributed by atoms with Crippen molar-refractivity contribution >= 4 is 0 Å². The minimum Gasteiger partial charge on any atom is -0.412 e. The number of rotatable bonds is 2. The lowest BCUT2D eigenvalue weighted by atomic mass is 9.99. The monoisotopic (exact) mass is 212 g/mol. The van der Waals surface area contributed by atoms with E-state index in [0.717, 1.165) is 0 Å². The first kappa shape index (κ1) is 13.7. The molecule has 1 rings (SSSR count). The Hall–Kier alpha value is -0.280. The van der Waals surface area contributed by atoms with E-state index in [4.69, 9.17) is 14.6 Å². The minimum atomic E-state index is -1.36. The number of methoxy groups -OCH3 is 1. The Labute approximate surface area is 80.8 Å². The lowest BCUT2D eigenvalue weighted by Crippen LogP contribution is -2.58. The van der Waals surface area contributed by atoms with Gasteiger partial charge >= 0.3 is 0 Å². The Morgan fingerprint density at radius 1 is 1.14 bits per heavy atom. The molecule has 0 aromatic carbocycles. The summed E-state index contributed by atoms with van der Waals surface area (Å²) >= 11 is 0. The Kier molecular flexibility index (Phi) is 5.45. The summed E-state index contributed by atoms with van der Waals surface area (Å²) in [6.45, 7) is -0.440. The van der Waals surface area contributed by atoms with Gasteiger partial charge in [0.15, 0.2) is 6.29 Å². The van der Waals surface area contributed by atoms with Gasteiger partial charge in [-0.2, -0.15) is 0 Å². The topological polar surface area (TPSA) is 131 Å². The molecule has 0 aromatic heterocycles. The highest BCUT2D eigenvalue weighted by molar-refractivity contribution is 4.88. The zero-order chi connectivity index (χ0) is 10.0. The van der Waals surface area contributed by atoms with Gasteiger partial charge in [-0.3, -0.25) is 0 Å². The molecule has 86 valence electrons. The van der Waals surface area contributed by atoms with Gasteiger partial charge in [0.2, 0.25) is 0 Å². The molecule has 5 atom stereocenters. The van der Waals surface area contributed by atoms with Crippen molar-refractivity contribution in [2.45, 2.75) is 30.7 Å². The second-order valence-electron chi connectivity index (χ2n) is 2.93. The molecule has 1 saturated heterocycles. The van der Waals surface area contributed by atoms with Gasteiger partial charge in [-0.1, -0.05) is 0 Å². The number of ether oxygens (including phenoxy) is 2. The molecule has 0 saturated carbocycles. The smallest absolute Gasteiger partial charge is 0.186 e. The maximum Gasteiger partial charge on any atom is 0.186 e. The van der Waals surface area contributed by atoms with E-state index in [-0.39, 0.29) is 5.48 Å². The van der Waals surface area contributed by atoms with Gasteiger partial charge in [-0.15, -0.1) is 0 Å². The third kappa shape index (κ3) is 2.39. The summed E-state index contributed by atoms with van der Waals surface area (Å²) in [6.07, 6.45) is -5.91. The van der Waals surface area contributed by atoms with E-state index < -0.39 is 37.3 Å². The Morgan fingerprint density at radius 3 is 2.14 bits per heavy atom. The largest absolute Gasteiger partial charge is 0.412 e. The maximum absolute atomic E-state index is 9.28. The summed E-state index contributed by atoms with van der Waals surface area (Å²) in [5, 5.41) is 36.6. The molecule has 7 heteroatoms. The van der Waals surface area contributed by atoms with Crippen LogP contribution in [-0.2, 0) is 9.47 Å². The van der Waals surface area contributed by atoms with Gasteiger partial charge in [0, 0.05) is 7.11 Å². The van der Waals surface area contributed by atoms with Crippen LogP contribution >= 0.6 is 0 Å². The molecular formula is C7H16O7. The average molecular weight is 212 g/mol. The van der Waals surface area contributed by atoms with E-state index >= 15 is 0 Å². The molecule has 0 radical (unpaired) electrons. The Morgan fingerprint density at radius 2 is 1.71 bits per heavy atom. The first-order valence-corrected chi connectivity index (χ1v) is 3.95. The summed E-state index contributed by atoms with van der Waals surface area (Å²) < 4.78 is 9.65. The summed E-state index contributed by atoms with van der Waals surface area (Å²) in [5.41, 5.74) is 0. The molecule has 14 heavy (non-hydrogen) atoms. The predicted octanol–water partition coefficient (Wildman–Crippen LogP) is -3.39. The fraction of sp³-hybridized carbons (Fsp3) is 1.00. The summed E-state index contributed by atoms with van der Waals surface area (Å²) in [5.74, 6) is 0. The second-order valence-corrected chi connectivity index (χ2v) is 2.93. The van der Waals surface area contributed by atoms with Crippen LogP contribution in [0, 0.1) is 0 Å². The molecule has 6 N–H and O–H groups in total. The molecular weight excluding hydrogens is 196 g/mol. The fourth-order valence-corrected chi connectivity index (χ4v) is 1.26. The molecule has 1 aliphatic rings. The van der Waals surface area contributed by atoms with Gasteiger partial charge in [-0.05, 0) is 0 Å². The maximum atomic E-state index is 9.28. The molecule has 0 aromatic rings. The van der Waals surface area contributed by atoms with E-state index in [1.54, 1.807) is 0 Å². The molecule has 0 unspecified atom stereocenters. The third-order valence-electron chi connectivity index (χ3n) is 2.08. The number of aliphatic hydroxyl groups is 4. The van der Waals surface area contributed by atoms with Gasteiger partial charge in [-0.25, -0.2) is 0 Å². The van der Waals surface area contributed by atoms with Gasteiger partial charge in [0.25, 0.3) is 0 Å². The quantitative estimate of drug-likeness (QED) is 0.377. The van der Waals surface area contributed by atoms with Crippen molar-refractivity contribution in [2.24, 2.45) is 0 Å². The van der Waals surface area contributed by atoms with Gasteiger partial charge < -0.3 is 35.4 Å². The van der Waals surface area contributed by atoms with Crippen molar-refractivity contribution in [2.75, 3.05) is 13.7 Å². The van der Waals surface area contributed by atoms with E-state index in [1.165, 1.54) is 7.11 Å². The van der Waals surface area contributed by atoms with Crippen LogP contribution in [0.15, 0.2) is 0 Å². The van der Waals surface area contributed by atoms with Crippen molar-refractivity contribution in [3.05, 3.63) is 0 Å². The molecule has 1 heterocycles. The standard InChI is InChI=1S/C7H14O6.H2O/c1-12-7-6(11)5(10)4(9)3(2-8)13-7;/h3-11H,2H2,1H3;1H2/t3-,4+,5+,6-,7+;/m0./s1. The SMILES string of the molecule is CO[C@@H]1O[C@@H](CO)[C@@H](O)[C@@H](O)[C@@H]1O.O. The predicted molar refractivity (Wildman–Crippen MR) is 44.4 cm³/mol. The van der Waals surface area contributed by atoms with Crippen LogP contribution in [0.25, 0.3) is 0 Å². The van der Waals surface area contributed by atoms with E-state index in [2.05, 4.69) is 0 Å². The van der Waals surface area contributed by atoms with Crippen LogP contribution in [0.1, 0.15) is 0 Å². The highest BCUT2D eigenvalue weighted by atomic mass is 16.7. The molecule has 0 bridgehead atoms. The van der Waals surface area contributed by atoms with Crippen LogP contribution in [0.2, 0.25) is 0 Å². The highest BCUT2D eigenvalue weighted by Gasteiger charge is 2.43. The van der Waals surface area contributed by atoms with Crippen LogP contribution in [-0.4, -0.2) is 70.3 Å². The summed E-state index contributed by atoms with van der Waals surface area (Å²) in [7, 11) is 1.30. The van der Waals surface area contributed by atoms with Gasteiger partial charge in [0.1, 0.15) is 24.4 Å². The number of hydrogen-bond donors (Lipinski definition) is 4. The second kappa shape index (κ2) is 5.56. The van der Waals surface area contributed by atoms with E-state index in [1.807, 2.05) is 0 Å². The minimum absolute atomic E-state index is 0. The number of hydrogen-bond acceptors (Lipinski definition) is 6. The third-order valence-corrected chi connectivity index (χ3v) is 2.08. The molecule has 0 amide bonds. The fourth-order valence-electron chi connectivity index (χ4n) is 1.26. The van der Waals surface area contributed by atoms with Crippen molar-refractivity contribution in [3.8, 4) is 0 Å². The first-order chi connectivity index (χ1) is 6.11. The lowest BCUT2D eigenvalue weighted by molar-refractivity contribution is -0.294. The zero-order valence-electron chi connectivity index (χ0n) is 7.70. The summed E-state index contributed by atoms with van der Waals surface area (Å²) in [6, 6.07) is 0. The van der Waals surface area contributed by atoms with E-state index in [9.17, 15) is 15.3 Å². The molecule has 1 aliphatic heterocycles. The Bertz CT molecular complexity index is 144. The van der Waals surface area contributed by atoms with Crippen molar-refractivity contribution < 1.29 is 35.4 Å². The van der Waals surface area contributed by atoms with Gasteiger partial charge in [0.05, 0.1) is 6.61 Å². The molecule has 0 spiro atoms. The van der Waals surface area contributed by atoms with Crippen LogP contribution < -0.4 is 0 Å². The first-order valence-electron chi connectivity index (χ1n) is 3.95. The molecule has 1 fully saturated rings.